The number of rotatable bonds is 18. The molecule has 0 unspecified atom stereocenters. The number of nitrogens with one attached hydrogen (secondary N) is 2. The van der Waals surface area contributed by atoms with Crippen molar-refractivity contribution < 1.29 is 9.53 Å². The van der Waals surface area contributed by atoms with Gasteiger partial charge >= 0.3 is 6.09 Å². The second kappa shape index (κ2) is 18.3. The van der Waals surface area contributed by atoms with Crippen LogP contribution < -0.4 is 15.5 Å². The Bertz CT molecular complexity index is 783. The van der Waals surface area contributed by atoms with Gasteiger partial charge in [-0.25, -0.2) is 4.79 Å². The number of thiol groups is 1. The third-order valence-corrected chi connectivity index (χ3v) is 6.77. The molecule has 0 atom stereocenters. The van der Waals surface area contributed by atoms with Gasteiger partial charge in [0.25, 0.3) is 0 Å². The molecule has 218 valence electrons. The maximum absolute atomic E-state index is 12.4. The predicted molar refractivity (Wildman–Crippen MR) is 162 cm³/mol. The van der Waals surface area contributed by atoms with Gasteiger partial charge in [0.2, 0.25) is 17.8 Å². The van der Waals surface area contributed by atoms with E-state index in [1.54, 1.807) is 4.90 Å². The molecule has 38 heavy (non-hydrogen) atoms. The predicted octanol–water partition coefficient (Wildman–Crippen LogP) is 6.38. The van der Waals surface area contributed by atoms with Crippen molar-refractivity contribution in [2.24, 2.45) is 0 Å². The van der Waals surface area contributed by atoms with Gasteiger partial charge in [0, 0.05) is 45.0 Å². The zero-order chi connectivity index (χ0) is 27.6. The molecule has 2 heterocycles. The zero-order valence-corrected chi connectivity index (χ0v) is 25.3. The van der Waals surface area contributed by atoms with E-state index in [4.69, 9.17) is 4.74 Å². The summed E-state index contributed by atoms with van der Waals surface area (Å²) < 4.78 is 5.51. The van der Waals surface area contributed by atoms with Crippen molar-refractivity contribution in [3.63, 3.8) is 0 Å². The van der Waals surface area contributed by atoms with Crippen LogP contribution >= 0.6 is 12.6 Å². The summed E-state index contributed by atoms with van der Waals surface area (Å²) in [6, 6.07) is 0. The summed E-state index contributed by atoms with van der Waals surface area (Å²) in [6.07, 6.45) is 15.7. The van der Waals surface area contributed by atoms with E-state index < -0.39 is 5.60 Å². The van der Waals surface area contributed by atoms with Crippen LogP contribution in [0, 0.1) is 0 Å². The van der Waals surface area contributed by atoms with Crippen LogP contribution in [0.1, 0.15) is 105 Å². The minimum absolute atomic E-state index is 0.270. The molecule has 1 aromatic heterocycles. The van der Waals surface area contributed by atoms with E-state index in [1.165, 1.54) is 70.6 Å². The van der Waals surface area contributed by atoms with Crippen LogP contribution in [-0.2, 0) is 4.74 Å². The molecule has 0 spiro atoms. The molecule has 0 saturated carbocycles. The van der Waals surface area contributed by atoms with Gasteiger partial charge in [-0.1, -0.05) is 77.6 Å². The average molecular weight is 552 g/mol. The molecule has 2 N–H and O–H groups in total. The van der Waals surface area contributed by atoms with Crippen LogP contribution in [-0.4, -0.2) is 76.6 Å². The number of ether oxygens (including phenoxy) is 1. The molecule has 9 nitrogen and oxygen atoms in total. The van der Waals surface area contributed by atoms with Gasteiger partial charge in [-0.15, -0.1) is 0 Å². The Kier molecular flexibility index (Phi) is 15.6. The Morgan fingerprint density at radius 3 is 1.79 bits per heavy atom. The quantitative estimate of drug-likeness (QED) is 0.143. The van der Waals surface area contributed by atoms with Crippen molar-refractivity contribution in [2.75, 3.05) is 60.6 Å². The van der Waals surface area contributed by atoms with Gasteiger partial charge in [-0.05, 0) is 27.2 Å². The summed E-state index contributed by atoms with van der Waals surface area (Å²) in [7, 11) is 0. The van der Waals surface area contributed by atoms with Gasteiger partial charge in [-0.2, -0.15) is 27.6 Å². The Hall–Kier alpha value is -1.97. The number of aromatic nitrogens is 3. The van der Waals surface area contributed by atoms with Crippen molar-refractivity contribution in [1.82, 2.24) is 19.9 Å². The number of carbonyl (C=O) groups excluding carboxylic acids is 1. The molecule has 1 aromatic rings. The van der Waals surface area contributed by atoms with Gasteiger partial charge < -0.3 is 25.2 Å². The van der Waals surface area contributed by atoms with Crippen molar-refractivity contribution in [3.8, 4) is 0 Å². The third-order valence-electron chi connectivity index (χ3n) is 6.55. The number of piperazine rings is 1. The summed E-state index contributed by atoms with van der Waals surface area (Å²) in [5, 5.41) is 6.62. The van der Waals surface area contributed by atoms with Crippen LogP contribution in [0.2, 0.25) is 0 Å². The molecule has 0 aromatic carbocycles. The third kappa shape index (κ3) is 13.7. The summed E-state index contributed by atoms with van der Waals surface area (Å²) in [6.45, 7) is 11.9. The molecule has 2 rings (SSSR count). The summed E-state index contributed by atoms with van der Waals surface area (Å²) in [4.78, 5) is 30.1. The largest absolute Gasteiger partial charge is 0.444 e. The van der Waals surface area contributed by atoms with E-state index >= 15 is 0 Å². The smallest absolute Gasteiger partial charge is 0.410 e. The van der Waals surface area contributed by atoms with E-state index in [0.717, 1.165) is 13.0 Å². The maximum Gasteiger partial charge on any atom is 0.410 e. The first kappa shape index (κ1) is 32.2. The van der Waals surface area contributed by atoms with Crippen LogP contribution in [0.4, 0.5) is 22.6 Å². The Morgan fingerprint density at radius 2 is 1.29 bits per heavy atom. The highest BCUT2D eigenvalue weighted by molar-refractivity contribution is 7.80. The van der Waals surface area contributed by atoms with E-state index in [9.17, 15) is 4.79 Å². The number of nitrogens with zero attached hydrogens (tertiary/aromatic N) is 5. The van der Waals surface area contributed by atoms with Crippen LogP contribution in [0.15, 0.2) is 0 Å². The second-order valence-corrected chi connectivity index (χ2v) is 11.7. The number of hydrogen-bond acceptors (Lipinski definition) is 9. The molecular weight excluding hydrogens is 498 g/mol. The number of carbonyl (C=O) groups is 1. The molecule has 1 amide bonds. The Morgan fingerprint density at radius 1 is 0.789 bits per heavy atom. The fourth-order valence-corrected chi connectivity index (χ4v) is 4.53. The van der Waals surface area contributed by atoms with E-state index in [2.05, 4.69) is 50.0 Å². The number of unbranched alkanes of at least 4 members (excludes halogenated alkanes) is 11. The number of amides is 1. The molecule has 0 aliphatic carbocycles. The van der Waals surface area contributed by atoms with Gasteiger partial charge in [-0.3, -0.25) is 0 Å². The average Bonchev–Trinajstić information content (AvgIpc) is 2.89. The molecule has 0 bridgehead atoms. The fraction of sp³-hybridized carbons (Fsp3) is 0.857. The van der Waals surface area contributed by atoms with Crippen LogP contribution in [0.25, 0.3) is 0 Å². The van der Waals surface area contributed by atoms with Gasteiger partial charge in [0.15, 0.2) is 0 Å². The molecule has 1 aliphatic rings. The maximum atomic E-state index is 12.4. The lowest BCUT2D eigenvalue weighted by atomic mass is 10.1. The molecule has 10 heteroatoms. The first-order valence-electron chi connectivity index (χ1n) is 14.9. The normalized spacial score (nSPS) is 14.0. The minimum atomic E-state index is -0.496. The highest BCUT2D eigenvalue weighted by atomic mass is 32.1. The number of hydrogen-bond donors (Lipinski definition) is 3. The van der Waals surface area contributed by atoms with E-state index in [1.807, 2.05) is 20.8 Å². The van der Waals surface area contributed by atoms with E-state index in [0.29, 0.717) is 56.3 Å². The Labute approximate surface area is 236 Å². The monoisotopic (exact) mass is 551 g/mol. The van der Waals surface area contributed by atoms with Crippen molar-refractivity contribution in [2.45, 2.75) is 110 Å². The number of anilines is 3. The summed E-state index contributed by atoms with van der Waals surface area (Å²) in [5.41, 5.74) is -0.496. The van der Waals surface area contributed by atoms with Crippen molar-refractivity contribution in [3.05, 3.63) is 0 Å². The SMILES string of the molecule is CCCCCCCCCCCCCCNc1nc(NCCS)nc(N2CCN(C(=O)OC(C)(C)C)CC2)n1. The van der Waals surface area contributed by atoms with Crippen LogP contribution in [0.3, 0.4) is 0 Å². The zero-order valence-electron chi connectivity index (χ0n) is 24.4. The summed E-state index contributed by atoms with van der Waals surface area (Å²) >= 11 is 4.29. The minimum Gasteiger partial charge on any atom is -0.444 e. The topological polar surface area (TPSA) is 95.5 Å². The fourth-order valence-electron chi connectivity index (χ4n) is 4.41. The molecule has 0 radical (unpaired) electrons. The van der Waals surface area contributed by atoms with Crippen molar-refractivity contribution in [1.29, 1.82) is 0 Å². The highest BCUT2D eigenvalue weighted by Crippen LogP contribution is 2.18. The van der Waals surface area contributed by atoms with Gasteiger partial charge in [0.05, 0.1) is 0 Å². The molecule has 1 aliphatic heterocycles. The van der Waals surface area contributed by atoms with Crippen LogP contribution in [0.5, 0.6) is 0 Å². The standard InChI is InChI=1S/C28H53N7O2S/c1-5-6-7-8-9-10-11-12-13-14-15-16-17-29-24-31-25(30-18-23-38)33-26(32-24)34-19-21-35(22-20-34)27(36)37-28(2,3)4/h38H,5-23H2,1-4H3,(H2,29,30,31,32,33). The summed E-state index contributed by atoms with van der Waals surface area (Å²) in [5.74, 6) is 2.46. The first-order chi connectivity index (χ1) is 18.3. The second-order valence-electron chi connectivity index (χ2n) is 11.2. The lowest BCUT2D eigenvalue weighted by Gasteiger charge is -2.35. The first-order valence-corrected chi connectivity index (χ1v) is 15.5. The van der Waals surface area contributed by atoms with Crippen molar-refractivity contribution >= 4 is 36.6 Å². The lowest BCUT2D eigenvalue weighted by Crippen LogP contribution is -2.50. The van der Waals surface area contributed by atoms with Gasteiger partial charge in [0.1, 0.15) is 5.60 Å². The molecule has 1 saturated heterocycles. The molecular formula is C28H53N7O2S. The van der Waals surface area contributed by atoms with E-state index in [-0.39, 0.29) is 6.09 Å². The highest BCUT2D eigenvalue weighted by Gasteiger charge is 2.27. The lowest BCUT2D eigenvalue weighted by molar-refractivity contribution is 0.0240. The Balaban J connectivity index is 1.73. The molecule has 1 fully saturated rings.